The van der Waals surface area contributed by atoms with E-state index in [1.165, 1.54) is 38.3 Å². The van der Waals surface area contributed by atoms with E-state index < -0.39 is 12.1 Å². The number of carbonyl (C=O) groups excluding carboxylic acids is 1. The maximum absolute atomic E-state index is 13.2. The number of benzene rings is 2. The van der Waals surface area contributed by atoms with Crippen LogP contribution < -0.4 is 15.0 Å². The smallest absolute Gasteiger partial charge is 0.344 e. The maximum Gasteiger partial charge on any atom is 0.344 e. The number of carbonyl (C=O) groups is 2. The second-order valence-electron chi connectivity index (χ2n) is 9.47. The molecule has 1 amide bonds. The van der Waals surface area contributed by atoms with Crippen molar-refractivity contribution < 1.29 is 23.8 Å². The Morgan fingerprint density at radius 2 is 1.76 bits per heavy atom. The van der Waals surface area contributed by atoms with Gasteiger partial charge in [-0.2, -0.15) is 0 Å². The zero-order valence-corrected chi connectivity index (χ0v) is 20.2. The molecule has 1 fully saturated rings. The van der Waals surface area contributed by atoms with E-state index in [9.17, 15) is 19.1 Å². The molecule has 1 aliphatic rings. The van der Waals surface area contributed by atoms with Crippen molar-refractivity contribution >= 4 is 23.3 Å². The van der Waals surface area contributed by atoms with Crippen LogP contribution in [0.3, 0.4) is 0 Å². The van der Waals surface area contributed by atoms with Crippen LogP contribution in [0.5, 0.6) is 5.75 Å². The number of hydrogen-bond acceptors (Lipinski definition) is 4. The molecule has 0 radical (unpaired) electrons. The van der Waals surface area contributed by atoms with E-state index in [2.05, 4.69) is 24.1 Å². The van der Waals surface area contributed by atoms with Gasteiger partial charge in [0.15, 0.2) is 6.10 Å². The highest BCUT2D eigenvalue weighted by atomic mass is 19.1. The number of amides is 1. The molecule has 0 bridgehead atoms. The lowest BCUT2D eigenvalue weighted by Gasteiger charge is -2.38. The summed E-state index contributed by atoms with van der Waals surface area (Å²) < 4.78 is 18.8. The molecule has 1 aliphatic carbocycles. The Labute approximate surface area is 201 Å². The van der Waals surface area contributed by atoms with Gasteiger partial charge in [-0.25, -0.2) is 9.18 Å². The summed E-state index contributed by atoms with van der Waals surface area (Å²) >= 11 is 0. The Kier molecular flexibility index (Phi) is 8.91. The summed E-state index contributed by atoms with van der Waals surface area (Å²) in [7, 11) is 0. The van der Waals surface area contributed by atoms with Crippen molar-refractivity contribution in [1.82, 2.24) is 0 Å². The van der Waals surface area contributed by atoms with Crippen molar-refractivity contribution in [2.75, 3.05) is 16.8 Å². The van der Waals surface area contributed by atoms with E-state index in [0.29, 0.717) is 29.0 Å². The molecule has 0 spiro atoms. The van der Waals surface area contributed by atoms with E-state index in [1.807, 2.05) is 6.07 Å². The second kappa shape index (κ2) is 11.9. The third-order valence-corrected chi connectivity index (χ3v) is 6.07. The number of halogens is 1. The highest BCUT2D eigenvalue weighted by Crippen LogP contribution is 2.36. The fourth-order valence-corrected chi connectivity index (χ4v) is 4.41. The lowest BCUT2D eigenvalue weighted by atomic mass is 9.93. The average Bonchev–Trinajstić information content (AvgIpc) is 2.80. The lowest BCUT2D eigenvalue weighted by Crippen LogP contribution is -2.40. The fraction of sp³-hybridized carbons (Fsp3) is 0.481. The quantitative estimate of drug-likeness (QED) is 0.469. The molecular formula is C27H35FN2O4. The molecule has 184 valence electrons. The molecule has 34 heavy (non-hydrogen) atoms. The van der Waals surface area contributed by atoms with E-state index in [-0.39, 0.29) is 18.1 Å². The molecule has 6 nitrogen and oxygen atoms in total. The Morgan fingerprint density at radius 1 is 1.09 bits per heavy atom. The van der Waals surface area contributed by atoms with Crippen LogP contribution in [0, 0.1) is 11.7 Å². The first-order valence-electron chi connectivity index (χ1n) is 12.1. The number of ether oxygens (including phenoxy) is 1. The highest BCUT2D eigenvalue weighted by Gasteiger charge is 2.25. The van der Waals surface area contributed by atoms with Gasteiger partial charge in [-0.15, -0.1) is 0 Å². The summed E-state index contributed by atoms with van der Waals surface area (Å²) in [6.45, 7) is 6.66. The van der Waals surface area contributed by atoms with Crippen LogP contribution in [-0.2, 0) is 16.0 Å². The van der Waals surface area contributed by atoms with Crippen molar-refractivity contribution in [2.45, 2.75) is 71.4 Å². The van der Waals surface area contributed by atoms with Crippen LogP contribution in [0.2, 0.25) is 0 Å². The lowest BCUT2D eigenvalue weighted by molar-refractivity contribution is -0.144. The SMILES string of the molecule is CC(C)CN(c1ccc(OC(C)C(=O)O)cc1NC(=O)Cc1ccc(F)cc1)C1CCCCC1. The van der Waals surface area contributed by atoms with Gasteiger partial charge >= 0.3 is 5.97 Å². The number of anilines is 2. The molecule has 2 aromatic rings. The van der Waals surface area contributed by atoms with Crippen LogP contribution in [-0.4, -0.2) is 35.7 Å². The van der Waals surface area contributed by atoms with Crippen LogP contribution in [0.15, 0.2) is 42.5 Å². The van der Waals surface area contributed by atoms with Crippen LogP contribution in [0.25, 0.3) is 0 Å². The van der Waals surface area contributed by atoms with E-state index in [0.717, 1.165) is 25.1 Å². The number of carboxylic acid groups (broad SMARTS) is 1. The largest absolute Gasteiger partial charge is 0.479 e. The summed E-state index contributed by atoms with van der Waals surface area (Å²) in [5.74, 6) is -0.837. The fourth-order valence-electron chi connectivity index (χ4n) is 4.41. The minimum absolute atomic E-state index is 0.101. The first kappa shape index (κ1) is 25.5. The molecule has 0 aliphatic heterocycles. The predicted octanol–water partition coefficient (Wildman–Crippen LogP) is 5.65. The highest BCUT2D eigenvalue weighted by molar-refractivity contribution is 5.96. The Morgan fingerprint density at radius 3 is 2.38 bits per heavy atom. The molecule has 1 saturated carbocycles. The van der Waals surface area contributed by atoms with Gasteiger partial charge in [0, 0.05) is 18.7 Å². The number of rotatable bonds is 10. The molecule has 2 aromatic carbocycles. The molecule has 0 saturated heterocycles. The monoisotopic (exact) mass is 470 g/mol. The number of hydrogen-bond donors (Lipinski definition) is 2. The third-order valence-electron chi connectivity index (χ3n) is 6.07. The standard InChI is InChI=1S/C27H35FN2O4/c1-18(2)17-30(22-7-5-4-6-8-22)25-14-13-23(34-19(3)27(32)33)16-24(25)29-26(31)15-20-9-11-21(28)12-10-20/h9-14,16,18-19,22H,4-8,15,17H2,1-3H3,(H,29,31)(H,32,33). The minimum Gasteiger partial charge on any atom is -0.479 e. The summed E-state index contributed by atoms with van der Waals surface area (Å²) in [6.07, 6.45) is 4.90. The van der Waals surface area contributed by atoms with Crippen molar-refractivity contribution in [2.24, 2.45) is 5.92 Å². The zero-order chi connectivity index (χ0) is 24.7. The van der Waals surface area contributed by atoms with Crippen molar-refractivity contribution in [3.63, 3.8) is 0 Å². The molecule has 0 aromatic heterocycles. The zero-order valence-electron chi connectivity index (χ0n) is 20.2. The van der Waals surface area contributed by atoms with Gasteiger partial charge in [0.1, 0.15) is 11.6 Å². The molecular weight excluding hydrogens is 435 g/mol. The van der Waals surface area contributed by atoms with Gasteiger partial charge in [0.25, 0.3) is 0 Å². The first-order chi connectivity index (χ1) is 16.2. The van der Waals surface area contributed by atoms with Crippen LogP contribution >= 0.6 is 0 Å². The number of aliphatic carboxylic acids is 1. The number of carboxylic acids is 1. The summed E-state index contributed by atoms with van der Waals surface area (Å²) in [5, 5.41) is 12.2. The summed E-state index contributed by atoms with van der Waals surface area (Å²) in [6, 6.07) is 11.6. The number of nitrogens with one attached hydrogen (secondary N) is 1. The Bertz CT molecular complexity index is 971. The van der Waals surface area contributed by atoms with Gasteiger partial charge in [-0.1, -0.05) is 45.2 Å². The van der Waals surface area contributed by atoms with Gasteiger partial charge in [-0.3, -0.25) is 4.79 Å². The van der Waals surface area contributed by atoms with E-state index in [4.69, 9.17) is 4.74 Å². The molecule has 0 heterocycles. The van der Waals surface area contributed by atoms with Gasteiger partial charge in [0.05, 0.1) is 17.8 Å². The Balaban J connectivity index is 1.91. The summed E-state index contributed by atoms with van der Waals surface area (Å²) in [5.41, 5.74) is 2.20. The predicted molar refractivity (Wildman–Crippen MR) is 132 cm³/mol. The van der Waals surface area contributed by atoms with E-state index >= 15 is 0 Å². The minimum atomic E-state index is -1.06. The van der Waals surface area contributed by atoms with Gasteiger partial charge < -0.3 is 20.1 Å². The van der Waals surface area contributed by atoms with Crippen LogP contribution in [0.1, 0.15) is 58.4 Å². The summed E-state index contributed by atoms with van der Waals surface area (Å²) in [4.78, 5) is 26.6. The second-order valence-corrected chi connectivity index (χ2v) is 9.47. The third kappa shape index (κ3) is 7.20. The normalized spacial score (nSPS) is 15.1. The molecule has 7 heteroatoms. The Hall–Kier alpha value is -3.09. The molecule has 3 rings (SSSR count). The molecule has 2 N–H and O–H groups in total. The number of nitrogens with zero attached hydrogens (tertiary/aromatic N) is 1. The van der Waals surface area contributed by atoms with Crippen LogP contribution in [0.4, 0.5) is 15.8 Å². The van der Waals surface area contributed by atoms with Gasteiger partial charge in [-0.05, 0) is 55.5 Å². The topological polar surface area (TPSA) is 78.9 Å². The van der Waals surface area contributed by atoms with Gasteiger partial charge in [0.2, 0.25) is 5.91 Å². The van der Waals surface area contributed by atoms with E-state index in [1.54, 1.807) is 24.3 Å². The maximum atomic E-state index is 13.2. The molecule has 1 unspecified atom stereocenters. The van der Waals surface area contributed by atoms with Crippen molar-refractivity contribution in [3.8, 4) is 5.75 Å². The molecule has 1 atom stereocenters. The van der Waals surface area contributed by atoms with Crippen molar-refractivity contribution in [3.05, 3.63) is 53.8 Å². The first-order valence-corrected chi connectivity index (χ1v) is 12.1. The van der Waals surface area contributed by atoms with Crippen molar-refractivity contribution in [1.29, 1.82) is 0 Å². The average molecular weight is 471 g/mol.